The van der Waals surface area contributed by atoms with Gasteiger partial charge in [-0.15, -0.1) is 0 Å². The van der Waals surface area contributed by atoms with Crippen LogP contribution in [0.5, 0.6) is 0 Å². The number of benzene rings is 2. The summed E-state index contributed by atoms with van der Waals surface area (Å²) in [5, 5.41) is 0. The van der Waals surface area contributed by atoms with E-state index in [-0.39, 0.29) is 11.7 Å². The van der Waals surface area contributed by atoms with Gasteiger partial charge in [0, 0.05) is 8.95 Å². The van der Waals surface area contributed by atoms with Crippen LogP contribution in [0.25, 0.3) is 0 Å². The molecule has 2 rings (SSSR count). The van der Waals surface area contributed by atoms with Crippen molar-refractivity contribution in [3.8, 4) is 0 Å². The third-order valence-corrected chi connectivity index (χ3v) is 4.59. The van der Waals surface area contributed by atoms with Crippen molar-refractivity contribution in [1.82, 2.24) is 0 Å². The largest absolute Gasteiger partial charge is 0.330 e. The Labute approximate surface area is 135 Å². The van der Waals surface area contributed by atoms with Crippen molar-refractivity contribution >= 4 is 31.9 Å². The van der Waals surface area contributed by atoms with Crippen molar-refractivity contribution in [1.29, 1.82) is 0 Å². The maximum Gasteiger partial charge on any atom is 0.127 e. The number of hydrogen-bond acceptors (Lipinski definition) is 1. The van der Waals surface area contributed by atoms with Crippen LogP contribution >= 0.6 is 31.9 Å². The van der Waals surface area contributed by atoms with Crippen molar-refractivity contribution < 1.29 is 4.39 Å². The fourth-order valence-corrected chi connectivity index (χ4v) is 2.99. The highest BCUT2D eigenvalue weighted by Gasteiger charge is 2.13. The molecule has 0 saturated heterocycles. The van der Waals surface area contributed by atoms with Crippen LogP contribution in [0.3, 0.4) is 0 Å². The lowest BCUT2D eigenvalue weighted by Gasteiger charge is -2.16. The summed E-state index contributed by atoms with van der Waals surface area (Å²) in [5.74, 6) is 0.0503. The van der Waals surface area contributed by atoms with Gasteiger partial charge < -0.3 is 5.73 Å². The van der Waals surface area contributed by atoms with Crippen molar-refractivity contribution in [2.75, 3.05) is 6.54 Å². The SMILES string of the molecule is NCC(Cc1ccc(Br)cc1F)Cc1ccccc1Br. The van der Waals surface area contributed by atoms with Gasteiger partial charge in [0.2, 0.25) is 0 Å². The second kappa shape index (κ2) is 7.34. The maximum atomic E-state index is 13.9. The molecule has 1 unspecified atom stereocenters. The summed E-state index contributed by atoms with van der Waals surface area (Å²) in [6.45, 7) is 0.539. The molecule has 2 N–H and O–H groups in total. The lowest BCUT2D eigenvalue weighted by Crippen LogP contribution is -2.20. The van der Waals surface area contributed by atoms with E-state index in [0.717, 1.165) is 20.9 Å². The first-order valence-corrected chi connectivity index (χ1v) is 8.06. The molecule has 106 valence electrons. The quantitative estimate of drug-likeness (QED) is 0.772. The Morgan fingerprint density at radius 1 is 1.00 bits per heavy atom. The average Bonchev–Trinajstić information content (AvgIpc) is 2.43. The number of rotatable bonds is 5. The molecule has 2 aromatic rings. The summed E-state index contributed by atoms with van der Waals surface area (Å²) >= 11 is 6.81. The van der Waals surface area contributed by atoms with Crippen LogP contribution in [0.15, 0.2) is 51.4 Å². The molecule has 2 aromatic carbocycles. The maximum absolute atomic E-state index is 13.9. The minimum Gasteiger partial charge on any atom is -0.330 e. The molecular formula is C16H16Br2FN. The van der Waals surface area contributed by atoms with Gasteiger partial charge in [-0.05, 0) is 54.6 Å². The summed E-state index contributed by atoms with van der Waals surface area (Å²) in [5.41, 5.74) is 7.78. The summed E-state index contributed by atoms with van der Waals surface area (Å²) in [4.78, 5) is 0. The molecule has 0 saturated carbocycles. The van der Waals surface area contributed by atoms with Gasteiger partial charge in [0.05, 0.1) is 0 Å². The second-order valence-electron chi connectivity index (χ2n) is 4.84. The Kier molecular flexibility index (Phi) is 5.75. The van der Waals surface area contributed by atoms with E-state index in [9.17, 15) is 4.39 Å². The zero-order valence-corrected chi connectivity index (χ0v) is 14.1. The van der Waals surface area contributed by atoms with Crippen LogP contribution in [0.2, 0.25) is 0 Å². The van der Waals surface area contributed by atoms with E-state index in [4.69, 9.17) is 5.73 Å². The third-order valence-electron chi connectivity index (χ3n) is 3.32. The van der Waals surface area contributed by atoms with Crippen LogP contribution in [0, 0.1) is 11.7 Å². The minimum absolute atomic E-state index is 0.176. The summed E-state index contributed by atoms with van der Waals surface area (Å²) < 4.78 is 15.7. The molecule has 0 radical (unpaired) electrons. The van der Waals surface area contributed by atoms with Gasteiger partial charge in [-0.2, -0.15) is 0 Å². The molecule has 0 fully saturated rings. The zero-order chi connectivity index (χ0) is 14.5. The molecule has 1 nitrogen and oxygen atoms in total. The van der Waals surface area contributed by atoms with Gasteiger partial charge >= 0.3 is 0 Å². The molecule has 0 aliphatic carbocycles. The van der Waals surface area contributed by atoms with E-state index in [0.29, 0.717) is 13.0 Å². The van der Waals surface area contributed by atoms with E-state index in [2.05, 4.69) is 37.9 Å². The first-order valence-electron chi connectivity index (χ1n) is 6.47. The number of nitrogens with two attached hydrogens (primary N) is 1. The smallest absolute Gasteiger partial charge is 0.127 e. The first-order chi connectivity index (χ1) is 9.60. The molecule has 0 aliphatic rings. The van der Waals surface area contributed by atoms with E-state index >= 15 is 0 Å². The topological polar surface area (TPSA) is 26.0 Å². The lowest BCUT2D eigenvalue weighted by atomic mass is 9.92. The second-order valence-corrected chi connectivity index (χ2v) is 6.61. The average molecular weight is 401 g/mol. The molecule has 0 bridgehead atoms. The predicted molar refractivity (Wildman–Crippen MR) is 88.2 cm³/mol. The van der Waals surface area contributed by atoms with E-state index in [1.807, 2.05) is 30.3 Å². The fourth-order valence-electron chi connectivity index (χ4n) is 2.21. The molecule has 0 aromatic heterocycles. The molecule has 0 heterocycles. The van der Waals surface area contributed by atoms with E-state index in [1.54, 1.807) is 0 Å². The van der Waals surface area contributed by atoms with Gasteiger partial charge in [0.25, 0.3) is 0 Å². The molecule has 0 amide bonds. The first kappa shape index (κ1) is 15.7. The van der Waals surface area contributed by atoms with Crippen molar-refractivity contribution in [2.24, 2.45) is 11.7 Å². The van der Waals surface area contributed by atoms with Crippen molar-refractivity contribution in [3.63, 3.8) is 0 Å². The molecule has 20 heavy (non-hydrogen) atoms. The highest BCUT2D eigenvalue weighted by atomic mass is 79.9. The molecule has 0 spiro atoms. The van der Waals surface area contributed by atoms with Crippen LogP contribution in [-0.2, 0) is 12.8 Å². The van der Waals surface area contributed by atoms with Crippen molar-refractivity contribution in [2.45, 2.75) is 12.8 Å². The van der Waals surface area contributed by atoms with Crippen LogP contribution in [0.4, 0.5) is 4.39 Å². The normalized spacial score (nSPS) is 12.4. The lowest BCUT2D eigenvalue weighted by molar-refractivity contribution is 0.511. The van der Waals surface area contributed by atoms with Gasteiger partial charge in [-0.25, -0.2) is 4.39 Å². The molecule has 1 atom stereocenters. The standard InChI is InChI=1S/C16H16Br2FN/c17-14-6-5-13(16(19)9-14)8-11(10-20)7-12-3-1-2-4-15(12)18/h1-6,9,11H,7-8,10,20H2. The summed E-state index contributed by atoms with van der Waals surface area (Å²) in [7, 11) is 0. The molecule has 0 aliphatic heterocycles. The Balaban J connectivity index is 2.11. The van der Waals surface area contributed by atoms with Crippen LogP contribution in [-0.4, -0.2) is 6.54 Å². The predicted octanol–water partition coefficient (Wildman–Crippen LogP) is 4.71. The van der Waals surface area contributed by atoms with Gasteiger partial charge in [-0.3, -0.25) is 0 Å². The molecular weight excluding hydrogens is 385 g/mol. The number of hydrogen-bond donors (Lipinski definition) is 1. The van der Waals surface area contributed by atoms with E-state index < -0.39 is 0 Å². The summed E-state index contributed by atoms with van der Waals surface area (Å²) in [6.07, 6.45) is 1.49. The zero-order valence-electron chi connectivity index (χ0n) is 11.0. The van der Waals surface area contributed by atoms with Gasteiger partial charge in [-0.1, -0.05) is 56.1 Å². The Bertz CT molecular complexity index is 586. The fraction of sp³-hybridized carbons (Fsp3) is 0.250. The minimum atomic E-state index is -0.176. The highest BCUT2D eigenvalue weighted by molar-refractivity contribution is 9.10. The van der Waals surface area contributed by atoms with Crippen LogP contribution < -0.4 is 5.73 Å². The highest BCUT2D eigenvalue weighted by Crippen LogP contribution is 2.23. The Morgan fingerprint density at radius 3 is 2.35 bits per heavy atom. The third kappa shape index (κ3) is 4.14. The summed E-state index contributed by atoms with van der Waals surface area (Å²) in [6, 6.07) is 13.3. The monoisotopic (exact) mass is 399 g/mol. The Morgan fingerprint density at radius 2 is 1.70 bits per heavy atom. The Hall–Kier alpha value is -0.710. The number of halogens is 3. The van der Waals surface area contributed by atoms with E-state index in [1.165, 1.54) is 11.6 Å². The van der Waals surface area contributed by atoms with Gasteiger partial charge in [0.15, 0.2) is 0 Å². The van der Waals surface area contributed by atoms with Gasteiger partial charge in [0.1, 0.15) is 5.82 Å². The molecule has 4 heteroatoms. The van der Waals surface area contributed by atoms with Crippen molar-refractivity contribution in [3.05, 3.63) is 68.4 Å². The van der Waals surface area contributed by atoms with Crippen LogP contribution in [0.1, 0.15) is 11.1 Å².